The van der Waals surface area contributed by atoms with Crippen molar-refractivity contribution in [2.45, 2.75) is 0 Å². The second-order valence-corrected chi connectivity index (χ2v) is 33.5. The van der Waals surface area contributed by atoms with Gasteiger partial charge >= 0.3 is 209 Å². The van der Waals surface area contributed by atoms with Crippen LogP contribution in [0.3, 0.4) is 0 Å². The second-order valence-electron chi connectivity index (χ2n) is 5.67. The van der Waals surface area contributed by atoms with Gasteiger partial charge in [0.05, 0.1) is 0 Å². The summed E-state index contributed by atoms with van der Waals surface area (Å²) in [5, 5.41) is 8.84. The van der Waals surface area contributed by atoms with E-state index in [1.807, 2.05) is 45.3 Å². The molecule has 0 saturated heterocycles. The van der Waals surface area contributed by atoms with E-state index < -0.39 is 9.38 Å². The third-order valence-corrected chi connectivity index (χ3v) is 42.7. The molecule has 0 nitrogen and oxygen atoms in total. The number of hydrogen-bond donors (Lipinski definition) is 0. The summed E-state index contributed by atoms with van der Waals surface area (Å²) in [7, 11) is 13.8. The van der Waals surface area contributed by atoms with Crippen LogP contribution >= 0.6 is 73.1 Å². The first kappa shape index (κ1) is 22.9. The summed E-state index contributed by atoms with van der Waals surface area (Å²) < 4.78 is 3.07. The van der Waals surface area contributed by atoms with E-state index in [1.165, 1.54) is 30.8 Å². The number of rotatable bonds is 7. The van der Waals surface area contributed by atoms with Gasteiger partial charge in [-0.15, -0.1) is 0 Å². The van der Waals surface area contributed by atoms with Crippen molar-refractivity contribution in [2.24, 2.45) is 0 Å². The molecule has 0 N–H and O–H groups in total. The molecule has 0 amide bonds. The quantitative estimate of drug-likeness (QED) is 0.141. The van der Waals surface area contributed by atoms with Crippen LogP contribution in [0.1, 0.15) is 0 Å². The van der Waals surface area contributed by atoms with Crippen LogP contribution in [0.2, 0.25) is 0 Å². The van der Waals surface area contributed by atoms with Gasteiger partial charge < -0.3 is 0 Å². The van der Waals surface area contributed by atoms with Crippen LogP contribution in [-0.4, -0.2) is 12.3 Å². The van der Waals surface area contributed by atoms with Crippen molar-refractivity contribution in [3.63, 3.8) is 0 Å². The van der Waals surface area contributed by atoms with Gasteiger partial charge in [-0.3, -0.25) is 0 Å². The molecule has 0 aromatic carbocycles. The van der Waals surface area contributed by atoms with Crippen LogP contribution in [0, 0.1) is 0 Å². The first-order chi connectivity index (χ1) is 13.7. The Morgan fingerprint density at radius 3 is 1.04 bits per heavy atom. The van der Waals surface area contributed by atoms with E-state index in [0.29, 0.717) is 0 Å². The zero-order chi connectivity index (χ0) is 19.5. The average molecular weight is 887 g/mol. The van der Waals surface area contributed by atoms with Crippen molar-refractivity contribution in [3.05, 3.63) is 70.1 Å². The third-order valence-electron chi connectivity index (χ3n) is 4.21. The van der Waals surface area contributed by atoms with Crippen LogP contribution in [0.15, 0.2) is 70.1 Å². The predicted octanol–water partition coefficient (Wildman–Crippen LogP) is 6.87. The first-order valence-electron chi connectivity index (χ1n) is 8.11. The van der Waals surface area contributed by atoms with Crippen molar-refractivity contribution in [1.29, 1.82) is 0 Å². The van der Waals surface area contributed by atoms with Gasteiger partial charge in [0.1, 0.15) is 0 Å². The molecule has 0 fully saturated rings. The van der Waals surface area contributed by atoms with E-state index in [9.17, 15) is 0 Å². The molecule has 0 saturated carbocycles. The van der Waals surface area contributed by atoms with E-state index in [0.717, 1.165) is 0 Å². The van der Waals surface area contributed by atoms with E-state index in [1.54, 1.807) is 0 Å². The third kappa shape index (κ3) is 4.45. The van der Waals surface area contributed by atoms with Crippen LogP contribution < -0.4 is 18.5 Å². The number of hydrogen-bond acceptors (Lipinski definition) is 4. The van der Waals surface area contributed by atoms with E-state index >= 15 is 0 Å². The molecule has 0 bridgehead atoms. The van der Waals surface area contributed by atoms with Gasteiger partial charge in [0.2, 0.25) is 0 Å². The second kappa shape index (κ2) is 10.6. The van der Waals surface area contributed by atoms with Crippen molar-refractivity contribution < 1.29 is 35.3 Å². The standard InChI is InChI=1S/C18H16P2S4.2Au.2ClH/c1-5-15(21-11-1)19(16-6-2-12-22-16)9-10-20(17-7-3-13-23-17)18-8-4-14-24-18;;;;/h1-8,11-14H,9-10H2;;;2*1H/q;2*+1;;/p-2. The van der Waals surface area contributed by atoms with Crippen LogP contribution in [0.25, 0.3) is 0 Å². The SMILES string of the molecule is [Cl][Au]=[P](CC[P](=[Au][Cl])(c1cccs1)c1cccs1)(c1cccs1)c1cccs1. The molecule has 158 valence electrons. The van der Waals surface area contributed by atoms with Gasteiger partial charge in [0.15, 0.2) is 0 Å². The van der Waals surface area contributed by atoms with Crippen LogP contribution in [0.5, 0.6) is 0 Å². The molecule has 4 aromatic heterocycles. The van der Waals surface area contributed by atoms with Gasteiger partial charge in [-0.2, -0.15) is 0 Å². The Labute approximate surface area is 206 Å². The normalized spacial score (nSPS) is 12.8. The Bertz CT molecular complexity index is 936. The molecular formula is C18H16Au2Cl2P2S4. The summed E-state index contributed by atoms with van der Waals surface area (Å²) in [6.07, 6.45) is 2.37. The van der Waals surface area contributed by atoms with Crippen molar-refractivity contribution >= 4 is 91.6 Å². The summed E-state index contributed by atoms with van der Waals surface area (Å²) in [6.45, 7) is 0. The maximum atomic E-state index is 6.88. The summed E-state index contributed by atoms with van der Waals surface area (Å²) in [4.78, 5) is 0. The van der Waals surface area contributed by atoms with Crippen LogP contribution in [0.4, 0.5) is 0 Å². The molecule has 4 heterocycles. The fourth-order valence-electron chi connectivity index (χ4n) is 2.92. The predicted molar refractivity (Wildman–Crippen MR) is 131 cm³/mol. The van der Waals surface area contributed by atoms with Crippen LogP contribution in [-0.2, 0) is 35.3 Å². The minimum atomic E-state index is -1.51. The Morgan fingerprint density at radius 1 is 0.571 bits per heavy atom. The minimum absolute atomic E-state index is 0.298. The maximum absolute atomic E-state index is 6.88. The summed E-state index contributed by atoms with van der Waals surface area (Å²) in [6, 6.07) is 18.0. The monoisotopic (exact) mass is 886 g/mol. The Balaban J connectivity index is 1.82. The Morgan fingerprint density at radius 2 is 0.857 bits per heavy atom. The van der Waals surface area contributed by atoms with Crippen molar-refractivity contribution in [3.8, 4) is 0 Å². The molecule has 28 heavy (non-hydrogen) atoms. The summed E-state index contributed by atoms with van der Waals surface area (Å²) in [5.41, 5.74) is 0. The number of thiophene rings is 4. The molecule has 10 heteroatoms. The van der Waals surface area contributed by atoms with Crippen molar-refractivity contribution in [1.82, 2.24) is 0 Å². The zero-order valence-electron chi connectivity index (χ0n) is 14.2. The fourth-order valence-corrected chi connectivity index (χ4v) is 42.4. The summed E-state index contributed by atoms with van der Waals surface area (Å²) in [5.74, 6) is 0. The first-order valence-corrected chi connectivity index (χ1v) is 26.4. The molecule has 4 rings (SSSR count). The number of halogens is 2. The zero-order valence-corrected chi connectivity index (χ0v) is 25.1. The van der Waals surface area contributed by atoms with E-state index in [2.05, 4.69) is 70.1 Å². The van der Waals surface area contributed by atoms with Gasteiger partial charge in [-0.25, -0.2) is 0 Å². The van der Waals surface area contributed by atoms with Gasteiger partial charge in [-0.1, -0.05) is 0 Å². The molecule has 0 aliphatic heterocycles. The molecule has 4 aromatic rings. The Hall–Kier alpha value is 1.72. The summed E-state index contributed by atoms with van der Waals surface area (Å²) >= 11 is 6.98. The van der Waals surface area contributed by atoms with E-state index in [-0.39, 0.29) is 35.3 Å². The van der Waals surface area contributed by atoms with Gasteiger partial charge in [0, 0.05) is 0 Å². The molecule has 0 spiro atoms. The molecule has 0 atom stereocenters. The molecule has 0 unspecified atom stereocenters. The van der Waals surface area contributed by atoms with Gasteiger partial charge in [0.25, 0.3) is 0 Å². The molecule has 0 radical (unpaired) electrons. The fraction of sp³-hybridized carbons (Fsp3) is 0.111. The van der Waals surface area contributed by atoms with Gasteiger partial charge in [-0.05, 0) is 0 Å². The van der Waals surface area contributed by atoms with E-state index in [4.69, 9.17) is 18.4 Å². The average Bonchev–Trinajstić information content (AvgIpc) is 3.54. The molecule has 0 aliphatic rings. The Kier molecular flexibility index (Phi) is 8.63. The van der Waals surface area contributed by atoms with Crippen molar-refractivity contribution in [2.75, 3.05) is 12.3 Å². The molecule has 0 aliphatic carbocycles. The topological polar surface area (TPSA) is 0 Å². The molecular weight excluding hydrogens is 871 g/mol.